The molecule has 0 aromatic heterocycles. The molecular formula is C28H30N2O3. The summed E-state index contributed by atoms with van der Waals surface area (Å²) < 4.78 is 5.19. The summed E-state index contributed by atoms with van der Waals surface area (Å²) in [5, 5.41) is 0. The van der Waals surface area contributed by atoms with Crippen molar-refractivity contribution < 1.29 is 14.3 Å². The fraction of sp³-hybridized carbons (Fsp3) is 0.286. The van der Waals surface area contributed by atoms with Gasteiger partial charge in [-0.3, -0.25) is 9.59 Å². The molecule has 0 N–H and O–H groups in total. The van der Waals surface area contributed by atoms with Gasteiger partial charge >= 0.3 is 0 Å². The molecule has 3 aromatic carbocycles. The molecule has 3 aromatic rings. The van der Waals surface area contributed by atoms with Crippen molar-refractivity contribution in [2.75, 3.05) is 33.3 Å². The van der Waals surface area contributed by atoms with Crippen molar-refractivity contribution >= 4 is 11.8 Å². The first-order valence-electron chi connectivity index (χ1n) is 11.4. The number of ether oxygens (including phenoxy) is 1. The third-order valence-electron chi connectivity index (χ3n) is 6.19. The number of carbonyl (C=O) groups excluding carboxylic acids is 2. The van der Waals surface area contributed by atoms with E-state index in [1.807, 2.05) is 94.7 Å². The number of amides is 2. The van der Waals surface area contributed by atoms with Crippen LogP contribution in [0.2, 0.25) is 0 Å². The minimum absolute atomic E-state index is 0.0943. The van der Waals surface area contributed by atoms with Gasteiger partial charge in [0, 0.05) is 26.2 Å². The van der Waals surface area contributed by atoms with E-state index in [9.17, 15) is 9.59 Å². The second kappa shape index (κ2) is 10.8. The molecular weight excluding hydrogens is 412 g/mol. The summed E-state index contributed by atoms with van der Waals surface area (Å²) in [4.78, 5) is 30.4. The van der Waals surface area contributed by atoms with Gasteiger partial charge in [-0.1, -0.05) is 72.8 Å². The Morgan fingerprint density at radius 1 is 0.758 bits per heavy atom. The van der Waals surface area contributed by atoms with Crippen molar-refractivity contribution in [3.05, 3.63) is 102 Å². The number of hydrogen-bond donors (Lipinski definition) is 0. The van der Waals surface area contributed by atoms with Crippen LogP contribution >= 0.6 is 0 Å². The Bertz CT molecular complexity index is 1010. The maximum atomic E-state index is 13.7. The van der Waals surface area contributed by atoms with Gasteiger partial charge in [-0.15, -0.1) is 0 Å². The number of carbonyl (C=O) groups is 2. The van der Waals surface area contributed by atoms with Crippen LogP contribution in [0.3, 0.4) is 0 Å². The highest BCUT2D eigenvalue weighted by molar-refractivity contribution is 5.87. The van der Waals surface area contributed by atoms with Gasteiger partial charge in [0.15, 0.2) is 0 Å². The van der Waals surface area contributed by atoms with Crippen LogP contribution in [0.25, 0.3) is 0 Å². The van der Waals surface area contributed by atoms with Crippen LogP contribution < -0.4 is 4.74 Å². The molecule has 0 atom stereocenters. The molecule has 5 heteroatoms. The van der Waals surface area contributed by atoms with Gasteiger partial charge < -0.3 is 14.5 Å². The molecule has 1 saturated heterocycles. The van der Waals surface area contributed by atoms with Crippen molar-refractivity contribution in [3.63, 3.8) is 0 Å². The number of nitrogens with zero attached hydrogens (tertiary/aromatic N) is 2. The molecule has 4 rings (SSSR count). The van der Waals surface area contributed by atoms with E-state index >= 15 is 0 Å². The third-order valence-corrected chi connectivity index (χ3v) is 6.19. The number of benzene rings is 3. The Morgan fingerprint density at radius 2 is 1.30 bits per heavy atom. The molecule has 2 amide bonds. The molecule has 1 aliphatic heterocycles. The summed E-state index contributed by atoms with van der Waals surface area (Å²) in [6, 6.07) is 27.5. The van der Waals surface area contributed by atoms with Gasteiger partial charge in [0.2, 0.25) is 11.8 Å². The molecule has 0 unspecified atom stereocenters. The first-order valence-corrected chi connectivity index (χ1v) is 11.4. The second-order valence-corrected chi connectivity index (χ2v) is 8.34. The van der Waals surface area contributed by atoms with E-state index in [4.69, 9.17) is 4.74 Å². The largest absolute Gasteiger partial charge is 0.497 e. The molecule has 0 aliphatic carbocycles. The predicted octanol–water partition coefficient (Wildman–Crippen LogP) is 4.13. The van der Waals surface area contributed by atoms with Gasteiger partial charge in [0.05, 0.1) is 19.4 Å². The number of methoxy groups -OCH3 is 1. The lowest BCUT2D eigenvalue weighted by molar-refractivity contribution is -0.133. The Labute approximate surface area is 195 Å². The van der Waals surface area contributed by atoms with E-state index in [-0.39, 0.29) is 17.7 Å². The lowest BCUT2D eigenvalue weighted by Crippen LogP contribution is -2.40. The zero-order valence-electron chi connectivity index (χ0n) is 19.0. The number of hydrogen-bond acceptors (Lipinski definition) is 3. The summed E-state index contributed by atoms with van der Waals surface area (Å²) in [5.41, 5.74) is 2.95. The molecule has 5 nitrogen and oxygen atoms in total. The maximum Gasteiger partial charge on any atom is 0.234 e. The van der Waals surface area contributed by atoms with E-state index in [0.717, 1.165) is 28.9 Å². The van der Waals surface area contributed by atoms with E-state index < -0.39 is 0 Å². The van der Waals surface area contributed by atoms with Crippen molar-refractivity contribution in [2.45, 2.75) is 18.8 Å². The smallest absolute Gasteiger partial charge is 0.234 e. The Kier molecular flexibility index (Phi) is 7.40. The topological polar surface area (TPSA) is 49.9 Å². The fourth-order valence-electron chi connectivity index (χ4n) is 4.37. The molecule has 170 valence electrons. The first kappa shape index (κ1) is 22.6. The predicted molar refractivity (Wildman–Crippen MR) is 129 cm³/mol. The minimum Gasteiger partial charge on any atom is -0.497 e. The standard InChI is InChI=1S/C28H30N2O3/c1-33-25-15-13-22(14-16-25)21-26(31)29-17-8-18-30(20-19-29)28(32)27(23-9-4-2-5-10-23)24-11-6-3-7-12-24/h2-7,9-16,27H,8,17-21H2,1H3. The second-order valence-electron chi connectivity index (χ2n) is 8.34. The molecule has 0 saturated carbocycles. The normalized spacial score (nSPS) is 14.1. The summed E-state index contributed by atoms with van der Waals surface area (Å²) in [6.07, 6.45) is 1.13. The Hall–Kier alpha value is -3.60. The van der Waals surface area contributed by atoms with Crippen molar-refractivity contribution in [2.24, 2.45) is 0 Å². The Balaban J connectivity index is 1.44. The average Bonchev–Trinajstić information content (AvgIpc) is 3.13. The van der Waals surface area contributed by atoms with Crippen LogP contribution in [0.5, 0.6) is 5.75 Å². The van der Waals surface area contributed by atoms with Gasteiger partial charge in [-0.2, -0.15) is 0 Å². The average molecular weight is 443 g/mol. The molecule has 0 spiro atoms. The third kappa shape index (κ3) is 5.61. The van der Waals surface area contributed by atoms with Crippen LogP contribution in [0.4, 0.5) is 0 Å². The van der Waals surface area contributed by atoms with Gasteiger partial charge in [-0.05, 0) is 35.2 Å². The molecule has 1 fully saturated rings. The first-order chi connectivity index (χ1) is 16.2. The summed E-state index contributed by atoms with van der Waals surface area (Å²) >= 11 is 0. The van der Waals surface area contributed by atoms with Crippen LogP contribution in [0, 0.1) is 0 Å². The monoisotopic (exact) mass is 442 g/mol. The van der Waals surface area contributed by atoms with Gasteiger partial charge in [0.1, 0.15) is 5.75 Å². The maximum absolute atomic E-state index is 13.7. The van der Waals surface area contributed by atoms with Crippen molar-refractivity contribution in [3.8, 4) is 5.75 Å². The number of rotatable bonds is 6. The highest BCUT2D eigenvalue weighted by Gasteiger charge is 2.29. The van der Waals surface area contributed by atoms with Crippen LogP contribution in [0.1, 0.15) is 29.0 Å². The lowest BCUT2D eigenvalue weighted by Gasteiger charge is -2.27. The van der Waals surface area contributed by atoms with E-state index in [2.05, 4.69) is 0 Å². The van der Waals surface area contributed by atoms with Crippen LogP contribution in [-0.4, -0.2) is 54.9 Å². The lowest BCUT2D eigenvalue weighted by atomic mass is 9.90. The van der Waals surface area contributed by atoms with Crippen molar-refractivity contribution in [1.29, 1.82) is 0 Å². The summed E-state index contributed by atoms with van der Waals surface area (Å²) in [5.74, 6) is 0.629. The SMILES string of the molecule is COc1ccc(CC(=O)N2CCCN(C(=O)C(c3ccccc3)c3ccccc3)CC2)cc1. The van der Waals surface area contributed by atoms with Gasteiger partial charge in [0.25, 0.3) is 0 Å². The zero-order chi connectivity index (χ0) is 23.0. The molecule has 0 radical (unpaired) electrons. The summed E-state index contributed by atoms with van der Waals surface area (Å²) in [6.45, 7) is 2.42. The highest BCUT2D eigenvalue weighted by Crippen LogP contribution is 2.27. The molecule has 1 aliphatic rings. The highest BCUT2D eigenvalue weighted by atomic mass is 16.5. The van der Waals surface area contributed by atoms with Crippen LogP contribution in [-0.2, 0) is 16.0 Å². The quantitative estimate of drug-likeness (QED) is 0.577. The Morgan fingerprint density at radius 3 is 1.88 bits per heavy atom. The minimum atomic E-state index is -0.339. The fourth-order valence-corrected chi connectivity index (χ4v) is 4.37. The molecule has 0 bridgehead atoms. The van der Waals surface area contributed by atoms with E-state index in [1.54, 1.807) is 7.11 Å². The molecule has 33 heavy (non-hydrogen) atoms. The van der Waals surface area contributed by atoms with Crippen LogP contribution in [0.15, 0.2) is 84.9 Å². The van der Waals surface area contributed by atoms with E-state index in [0.29, 0.717) is 32.6 Å². The van der Waals surface area contributed by atoms with Gasteiger partial charge in [-0.25, -0.2) is 0 Å². The molecule has 1 heterocycles. The van der Waals surface area contributed by atoms with Crippen molar-refractivity contribution in [1.82, 2.24) is 9.80 Å². The van der Waals surface area contributed by atoms with E-state index in [1.165, 1.54) is 0 Å². The summed E-state index contributed by atoms with van der Waals surface area (Å²) in [7, 11) is 1.63. The zero-order valence-corrected chi connectivity index (χ0v) is 19.0.